The lowest BCUT2D eigenvalue weighted by molar-refractivity contribution is -0.0426. The molecule has 0 bridgehead atoms. The average Bonchev–Trinajstić information content (AvgIpc) is 2.13. The van der Waals surface area contributed by atoms with Crippen LogP contribution in [0.25, 0.3) is 0 Å². The molecule has 0 amide bonds. The Morgan fingerprint density at radius 3 is 2.47 bits per heavy atom. The number of hydrogen-bond acceptors (Lipinski definition) is 4. The highest BCUT2D eigenvalue weighted by Gasteiger charge is 2.44. The molecule has 0 saturated carbocycles. The van der Waals surface area contributed by atoms with Crippen molar-refractivity contribution in [2.45, 2.75) is 24.3 Å². The zero-order valence-electron chi connectivity index (χ0n) is 9.84. The summed E-state index contributed by atoms with van der Waals surface area (Å²) >= 11 is 0. The van der Waals surface area contributed by atoms with Crippen LogP contribution in [-0.2, 0) is 10.0 Å². The Labute approximate surface area is 101 Å². The molecule has 3 N–H and O–H groups in total. The number of nitrogens with two attached hydrogens (primary N) is 1. The minimum Gasteiger partial charge on any atom is -0.398 e. The van der Waals surface area contributed by atoms with Gasteiger partial charge in [0.1, 0.15) is 4.90 Å². The molecule has 0 aliphatic carbocycles. The van der Waals surface area contributed by atoms with E-state index in [9.17, 15) is 13.5 Å². The maximum atomic E-state index is 12.2. The molecule has 1 fully saturated rings. The highest BCUT2D eigenvalue weighted by atomic mass is 32.2. The Morgan fingerprint density at radius 1 is 1.41 bits per heavy atom. The third kappa shape index (κ3) is 2.15. The van der Waals surface area contributed by atoms with Crippen LogP contribution < -0.4 is 5.73 Å². The molecule has 0 radical (unpaired) electrons. The number of nitrogen functional groups attached to an aromatic ring is 1. The first-order chi connectivity index (χ1) is 7.72. The number of hydrogen-bond donors (Lipinski definition) is 2. The van der Waals surface area contributed by atoms with Gasteiger partial charge in [-0.3, -0.25) is 0 Å². The normalized spacial score (nSPS) is 19.9. The minimum atomic E-state index is -3.57. The average molecular weight is 256 g/mol. The molecule has 2 rings (SSSR count). The molecule has 0 aromatic heterocycles. The number of sulfonamides is 1. The molecular formula is C11H16N2O3S. The smallest absolute Gasteiger partial charge is 0.245 e. The van der Waals surface area contributed by atoms with E-state index >= 15 is 0 Å². The van der Waals surface area contributed by atoms with E-state index in [2.05, 4.69) is 0 Å². The molecule has 1 aromatic carbocycles. The highest BCUT2D eigenvalue weighted by molar-refractivity contribution is 7.89. The zero-order chi connectivity index (χ0) is 12.8. The van der Waals surface area contributed by atoms with Crippen LogP contribution in [0.3, 0.4) is 0 Å². The lowest BCUT2D eigenvalue weighted by Crippen LogP contribution is -2.61. The SMILES string of the molecule is Cc1ccc(S(=O)(=O)N2CC(C)(O)C2)c(N)c1. The summed E-state index contributed by atoms with van der Waals surface area (Å²) in [5.74, 6) is 0. The molecule has 1 heterocycles. The lowest BCUT2D eigenvalue weighted by atomic mass is 10.0. The van der Waals surface area contributed by atoms with Crippen molar-refractivity contribution >= 4 is 15.7 Å². The van der Waals surface area contributed by atoms with E-state index < -0.39 is 15.6 Å². The van der Waals surface area contributed by atoms with Crippen molar-refractivity contribution in [3.8, 4) is 0 Å². The van der Waals surface area contributed by atoms with Gasteiger partial charge in [-0.25, -0.2) is 8.42 Å². The minimum absolute atomic E-state index is 0.110. The first kappa shape index (κ1) is 12.3. The number of aliphatic hydroxyl groups is 1. The van der Waals surface area contributed by atoms with Gasteiger partial charge in [0.2, 0.25) is 10.0 Å². The van der Waals surface area contributed by atoms with Crippen LogP contribution in [-0.4, -0.2) is 36.5 Å². The van der Waals surface area contributed by atoms with Crippen molar-refractivity contribution < 1.29 is 13.5 Å². The quantitative estimate of drug-likeness (QED) is 0.747. The molecule has 5 nitrogen and oxygen atoms in total. The summed E-state index contributed by atoms with van der Waals surface area (Å²) in [4.78, 5) is 0.110. The van der Waals surface area contributed by atoms with Crippen molar-refractivity contribution in [1.29, 1.82) is 0 Å². The number of benzene rings is 1. The number of rotatable bonds is 2. The molecule has 1 aliphatic heterocycles. The third-order valence-electron chi connectivity index (χ3n) is 2.82. The van der Waals surface area contributed by atoms with Crippen LogP contribution in [0.5, 0.6) is 0 Å². The Bertz CT molecular complexity index is 544. The highest BCUT2D eigenvalue weighted by Crippen LogP contribution is 2.30. The van der Waals surface area contributed by atoms with E-state index in [-0.39, 0.29) is 23.7 Å². The topological polar surface area (TPSA) is 83.6 Å². The predicted octanol–water partition coefficient (Wildman–Crippen LogP) is 0.333. The Hall–Kier alpha value is -1.11. The standard InChI is InChI=1S/C11H16N2O3S/c1-8-3-4-10(9(12)5-8)17(15,16)13-6-11(2,14)7-13/h3-5,14H,6-7,12H2,1-2H3. The molecule has 1 saturated heterocycles. The first-order valence-corrected chi connectivity index (χ1v) is 6.75. The third-order valence-corrected chi connectivity index (χ3v) is 4.68. The maximum absolute atomic E-state index is 12.2. The predicted molar refractivity (Wildman–Crippen MR) is 65.0 cm³/mol. The zero-order valence-corrected chi connectivity index (χ0v) is 10.7. The van der Waals surface area contributed by atoms with E-state index in [1.54, 1.807) is 19.1 Å². The summed E-state index contributed by atoms with van der Waals surface area (Å²) in [5, 5.41) is 9.57. The van der Waals surface area contributed by atoms with Gasteiger partial charge < -0.3 is 10.8 Å². The summed E-state index contributed by atoms with van der Waals surface area (Å²) in [5.41, 5.74) is 5.96. The second-order valence-corrected chi connectivity index (χ2v) is 6.72. The fraction of sp³-hybridized carbons (Fsp3) is 0.455. The van der Waals surface area contributed by atoms with Crippen LogP contribution in [0.1, 0.15) is 12.5 Å². The van der Waals surface area contributed by atoms with Crippen LogP contribution >= 0.6 is 0 Å². The number of aryl methyl sites for hydroxylation is 1. The van der Waals surface area contributed by atoms with Gasteiger partial charge in [0, 0.05) is 13.1 Å². The first-order valence-electron chi connectivity index (χ1n) is 5.31. The lowest BCUT2D eigenvalue weighted by Gasteiger charge is -2.42. The number of nitrogens with zero attached hydrogens (tertiary/aromatic N) is 1. The van der Waals surface area contributed by atoms with Crippen LogP contribution in [0.15, 0.2) is 23.1 Å². The van der Waals surface area contributed by atoms with E-state index in [4.69, 9.17) is 5.73 Å². The summed E-state index contributed by atoms with van der Waals surface area (Å²) < 4.78 is 25.6. The second-order valence-electron chi connectivity index (χ2n) is 4.81. The summed E-state index contributed by atoms with van der Waals surface area (Å²) in [6.07, 6.45) is 0. The van der Waals surface area contributed by atoms with Gasteiger partial charge in [-0.2, -0.15) is 4.31 Å². The van der Waals surface area contributed by atoms with Crippen LogP contribution in [0.2, 0.25) is 0 Å². The number of anilines is 1. The van der Waals surface area contributed by atoms with Crippen LogP contribution in [0.4, 0.5) is 5.69 Å². The van der Waals surface area contributed by atoms with E-state index in [0.717, 1.165) is 5.56 Å². The van der Waals surface area contributed by atoms with E-state index in [1.165, 1.54) is 10.4 Å². The molecule has 0 atom stereocenters. The molecule has 1 aliphatic rings. The van der Waals surface area contributed by atoms with E-state index in [0.29, 0.717) is 0 Å². The van der Waals surface area contributed by atoms with Gasteiger partial charge in [-0.1, -0.05) is 6.07 Å². The Kier molecular flexibility index (Phi) is 2.68. The Balaban J connectivity index is 2.34. The van der Waals surface area contributed by atoms with Gasteiger partial charge in [0.25, 0.3) is 0 Å². The summed E-state index contributed by atoms with van der Waals surface area (Å²) in [7, 11) is -3.57. The van der Waals surface area contributed by atoms with E-state index in [1.807, 2.05) is 6.92 Å². The van der Waals surface area contributed by atoms with Gasteiger partial charge in [-0.05, 0) is 31.5 Å². The van der Waals surface area contributed by atoms with Crippen molar-refractivity contribution in [3.05, 3.63) is 23.8 Å². The fourth-order valence-corrected chi connectivity index (χ4v) is 3.70. The summed E-state index contributed by atoms with van der Waals surface area (Å²) in [6.45, 7) is 3.68. The maximum Gasteiger partial charge on any atom is 0.245 e. The van der Waals surface area contributed by atoms with Gasteiger partial charge in [-0.15, -0.1) is 0 Å². The van der Waals surface area contributed by atoms with Gasteiger partial charge >= 0.3 is 0 Å². The molecule has 17 heavy (non-hydrogen) atoms. The summed E-state index contributed by atoms with van der Waals surface area (Å²) in [6, 6.07) is 4.85. The van der Waals surface area contributed by atoms with Crippen molar-refractivity contribution in [2.24, 2.45) is 0 Å². The largest absolute Gasteiger partial charge is 0.398 e. The van der Waals surface area contributed by atoms with Crippen molar-refractivity contribution in [3.63, 3.8) is 0 Å². The molecule has 6 heteroatoms. The fourth-order valence-electron chi connectivity index (χ4n) is 1.93. The molecular weight excluding hydrogens is 240 g/mol. The monoisotopic (exact) mass is 256 g/mol. The van der Waals surface area contributed by atoms with Crippen molar-refractivity contribution in [2.75, 3.05) is 18.8 Å². The van der Waals surface area contributed by atoms with Crippen molar-refractivity contribution in [1.82, 2.24) is 4.31 Å². The van der Waals surface area contributed by atoms with Gasteiger partial charge in [0.15, 0.2) is 0 Å². The molecule has 94 valence electrons. The van der Waals surface area contributed by atoms with Gasteiger partial charge in [0.05, 0.1) is 11.3 Å². The van der Waals surface area contributed by atoms with Crippen LogP contribution in [0, 0.1) is 6.92 Å². The Morgan fingerprint density at radius 2 is 2.00 bits per heavy atom. The number of β-amino-alcohol motifs (C(OH)–C–C–N with tert-alkyl or cyclic N) is 1. The molecule has 0 unspecified atom stereocenters. The molecule has 0 spiro atoms. The second kappa shape index (κ2) is 3.69. The molecule has 1 aromatic rings.